The Kier molecular flexibility index (Phi) is 6.94. The topological polar surface area (TPSA) is 44.8 Å². The summed E-state index contributed by atoms with van der Waals surface area (Å²) in [5.74, 6) is 0.346. The van der Waals surface area contributed by atoms with E-state index in [0.717, 1.165) is 26.2 Å². The molecule has 3 rings (SSSR count). The summed E-state index contributed by atoms with van der Waals surface area (Å²) in [5, 5.41) is 3.60. The van der Waals surface area contributed by atoms with Gasteiger partial charge in [0.2, 0.25) is 0 Å². The zero-order chi connectivity index (χ0) is 20.1. The summed E-state index contributed by atoms with van der Waals surface area (Å²) in [5.41, 5.74) is 2.90. The van der Waals surface area contributed by atoms with Gasteiger partial charge >= 0.3 is 0 Å². The third-order valence-corrected chi connectivity index (χ3v) is 5.54. The number of likely N-dealkylation sites (N-methyl/N-ethyl adjacent to an activating group) is 1. The van der Waals surface area contributed by atoms with Crippen molar-refractivity contribution in [2.24, 2.45) is 0 Å². The Balaban J connectivity index is 1.77. The Bertz CT molecular complexity index is 802. The third-order valence-electron chi connectivity index (χ3n) is 5.30. The van der Waals surface area contributed by atoms with Crippen LogP contribution in [-0.2, 0) is 0 Å². The first-order valence-corrected chi connectivity index (χ1v) is 9.96. The van der Waals surface area contributed by atoms with Gasteiger partial charge in [0.15, 0.2) is 0 Å². The number of nitrogens with zero attached hydrogens (tertiary/aromatic N) is 2. The van der Waals surface area contributed by atoms with E-state index in [1.807, 2.05) is 0 Å². The fourth-order valence-corrected chi connectivity index (χ4v) is 3.69. The molecule has 1 fully saturated rings. The average Bonchev–Trinajstić information content (AvgIpc) is 2.70. The molecule has 0 bridgehead atoms. The Morgan fingerprint density at radius 2 is 1.82 bits per heavy atom. The van der Waals surface area contributed by atoms with Crippen LogP contribution in [0.5, 0.6) is 5.75 Å². The third kappa shape index (κ3) is 5.04. The summed E-state index contributed by atoms with van der Waals surface area (Å²) in [6.07, 6.45) is 0. The molecule has 0 spiro atoms. The molecule has 2 aromatic carbocycles. The molecule has 28 heavy (non-hydrogen) atoms. The van der Waals surface area contributed by atoms with Crippen molar-refractivity contribution in [3.63, 3.8) is 0 Å². The summed E-state index contributed by atoms with van der Waals surface area (Å²) < 4.78 is 5.32. The van der Waals surface area contributed by atoms with Gasteiger partial charge in [-0.25, -0.2) is 0 Å². The molecule has 0 radical (unpaired) electrons. The van der Waals surface area contributed by atoms with E-state index in [1.54, 1.807) is 25.3 Å². The minimum absolute atomic E-state index is 0.128. The molecule has 5 nitrogen and oxygen atoms in total. The van der Waals surface area contributed by atoms with Crippen molar-refractivity contribution >= 4 is 17.5 Å². The van der Waals surface area contributed by atoms with Gasteiger partial charge in [-0.1, -0.05) is 41.4 Å². The van der Waals surface area contributed by atoms with Crippen molar-refractivity contribution in [3.05, 3.63) is 64.2 Å². The van der Waals surface area contributed by atoms with Gasteiger partial charge in [-0.2, -0.15) is 0 Å². The van der Waals surface area contributed by atoms with Gasteiger partial charge in [0.25, 0.3) is 5.91 Å². The van der Waals surface area contributed by atoms with Crippen LogP contribution >= 0.6 is 11.6 Å². The highest BCUT2D eigenvalue weighted by Crippen LogP contribution is 2.25. The zero-order valence-electron chi connectivity index (χ0n) is 16.7. The van der Waals surface area contributed by atoms with Gasteiger partial charge in [-0.15, -0.1) is 0 Å². The highest BCUT2D eigenvalue weighted by molar-refractivity contribution is 6.31. The van der Waals surface area contributed by atoms with Gasteiger partial charge in [-0.05, 0) is 37.7 Å². The molecule has 1 saturated heterocycles. The van der Waals surface area contributed by atoms with Gasteiger partial charge in [0, 0.05) is 37.7 Å². The lowest BCUT2D eigenvalue weighted by atomic mass is 10.0. The number of carbonyl (C=O) groups is 1. The van der Waals surface area contributed by atoms with Crippen molar-refractivity contribution in [2.45, 2.75) is 13.0 Å². The van der Waals surface area contributed by atoms with E-state index in [1.165, 1.54) is 11.1 Å². The first-order chi connectivity index (χ1) is 13.5. The van der Waals surface area contributed by atoms with Crippen LogP contribution in [0, 0.1) is 6.92 Å². The predicted octanol–water partition coefficient (Wildman–Crippen LogP) is 3.38. The summed E-state index contributed by atoms with van der Waals surface area (Å²) in [6, 6.07) is 13.8. The predicted molar refractivity (Wildman–Crippen MR) is 113 cm³/mol. The van der Waals surface area contributed by atoms with E-state index in [0.29, 0.717) is 22.9 Å². The molecular formula is C22H28ClN3O2. The van der Waals surface area contributed by atoms with Crippen molar-refractivity contribution in [2.75, 3.05) is 46.9 Å². The summed E-state index contributed by atoms with van der Waals surface area (Å²) in [7, 11) is 3.70. The fourth-order valence-electron chi connectivity index (χ4n) is 3.52. The number of amides is 1. The Labute approximate surface area is 172 Å². The zero-order valence-corrected chi connectivity index (χ0v) is 17.5. The van der Waals surface area contributed by atoms with Crippen LogP contribution in [-0.4, -0.2) is 62.6 Å². The second kappa shape index (κ2) is 9.41. The summed E-state index contributed by atoms with van der Waals surface area (Å²) in [6.45, 7) is 6.62. The van der Waals surface area contributed by atoms with Gasteiger partial charge in [0.05, 0.1) is 18.7 Å². The molecule has 2 aromatic rings. The molecule has 0 aromatic heterocycles. The lowest BCUT2D eigenvalue weighted by molar-refractivity contribution is 0.0883. The fraction of sp³-hybridized carbons (Fsp3) is 0.409. The van der Waals surface area contributed by atoms with Crippen LogP contribution in [0.4, 0.5) is 0 Å². The lowest BCUT2D eigenvalue weighted by Gasteiger charge is -2.38. The van der Waals surface area contributed by atoms with Crippen LogP contribution in [0.3, 0.4) is 0 Å². The van der Waals surface area contributed by atoms with Crippen molar-refractivity contribution in [1.29, 1.82) is 0 Å². The molecule has 6 heteroatoms. The second-order valence-electron chi connectivity index (χ2n) is 7.32. The molecule has 1 amide bonds. The maximum atomic E-state index is 12.8. The number of halogens is 1. The number of carbonyl (C=O) groups excluding carboxylic acids is 1. The molecule has 1 aliphatic rings. The Hall–Kier alpha value is -2.08. The molecule has 0 unspecified atom stereocenters. The lowest BCUT2D eigenvalue weighted by Crippen LogP contribution is -2.48. The molecule has 150 valence electrons. The van der Waals surface area contributed by atoms with E-state index in [2.05, 4.69) is 53.4 Å². The number of ether oxygens (including phenoxy) is 1. The first-order valence-electron chi connectivity index (χ1n) is 9.59. The van der Waals surface area contributed by atoms with Gasteiger partial charge in [0.1, 0.15) is 5.75 Å². The summed E-state index contributed by atoms with van der Waals surface area (Å²) >= 11 is 6.08. The summed E-state index contributed by atoms with van der Waals surface area (Å²) in [4.78, 5) is 17.6. The molecule has 1 N–H and O–H groups in total. The van der Waals surface area contributed by atoms with E-state index in [9.17, 15) is 4.79 Å². The van der Waals surface area contributed by atoms with Crippen LogP contribution < -0.4 is 10.1 Å². The SMILES string of the molecule is COc1ccc(Cl)cc1C(=O)NC[C@H](c1ccc(C)cc1)N1CCN(C)CC1. The van der Waals surface area contributed by atoms with Crippen LogP contribution in [0.2, 0.25) is 5.02 Å². The normalized spacial score (nSPS) is 16.6. The number of benzene rings is 2. The van der Waals surface area contributed by atoms with E-state index in [-0.39, 0.29) is 11.9 Å². The Morgan fingerprint density at radius 3 is 2.46 bits per heavy atom. The number of aryl methyl sites for hydroxylation is 1. The van der Waals surface area contributed by atoms with Crippen LogP contribution in [0.1, 0.15) is 27.5 Å². The molecular weight excluding hydrogens is 374 g/mol. The number of rotatable bonds is 6. The molecule has 1 atom stereocenters. The molecule has 1 aliphatic heterocycles. The van der Waals surface area contributed by atoms with Crippen molar-refractivity contribution in [1.82, 2.24) is 15.1 Å². The number of hydrogen-bond acceptors (Lipinski definition) is 4. The number of hydrogen-bond donors (Lipinski definition) is 1. The Morgan fingerprint density at radius 1 is 1.14 bits per heavy atom. The molecule has 1 heterocycles. The first kappa shape index (κ1) is 20.6. The standard InChI is InChI=1S/C22H28ClN3O2/c1-16-4-6-17(7-5-16)20(26-12-10-25(2)11-13-26)15-24-22(27)19-14-18(23)8-9-21(19)28-3/h4-9,14,20H,10-13,15H2,1-3H3,(H,24,27)/t20-/m1/s1. The molecule has 0 aliphatic carbocycles. The number of piperazine rings is 1. The van der Waals surface area contributed by atoms with Gasteiger partial charge < -0.3 is 15.0 Å². The smallest absolute Gasteiger partial charge is 0.255 e. The average molecular weight is 402 g/mol. The minimum atomic E-state index is -0.175. The minimum Gasteiger partial charge on any atom is -0.496 e. The number of nitrogens with one attached hydrogen (secondary N) is 1. The highest BCUT2D eigenvalue weighted by atomic mass is 35.5. The maximum absolute atomic E-state index is 12.8. The maximum Gasteiger partial charge on any atom is 0.255 e. The van der Waals surface area contributed by atoms with E-state index in [4.69, 9.17) is 16.3 Å². The largest absolute Gasteiger partial charge is 0.496 e. The van der Waals surface area contributed by atoms with E-state index >= 15 is 0 Å². The molecule has 0 saturated carbocycles. The van der Waals surface area contributed by atoms with Crippen molar-refractivity contribution in [3.8, 4) is 5.75 Å². The van der Waals surface area contributed by atoms with Gasteiger partial charge in [-0.3, -0.25) is 9.69 Å². The highest BCUT2D eigenvalue weighted by Gasteiger charge is 2.25. The monoisotopic (exact) mass is 401 g/mol. The number of methoxy groups -OCH3 is 1. The van der Waals surface area contributed by atoms with Crippen LogP contribution in [0.25, 0.3) is 0 Å². The second-order valence-corrected chi connectivity index (χ2v) is 7.76. The van der Waals surface area contributed by atoms with Crippen LogP contribution in [0.15, 0.2) is 42.5 Å². The van der Waals surface area contributed by atoms with E-state index < -0.39 is 0 Å². The quantitative estimate of drug-likeness (QED) is 0.806. The van der Waals surface area contributed by atoms with Crippen molar-refractivity contribution < 1.29 is 9.53 Å².